The lowest BCUT2D eigenvalue weighted by Crippen LogP contribution is -2.51. The van der Waals surface area contributed by atoms with Crippen LogP contribution in [-0.2, 0) is 22.5 Å². The lowest BCUT2D eigenvalue weighted by atomic mass is 9.96. The molecule has 0 unspecified atom stereocenters. The van der Waals surface area contributed by atoms with Crippen molar-refractivity contribution in [1.29, 1.82) is 0 Å². The van der Waals surface area contributed by atoms with E-state index in [1.165, 1.54) is 6.07 Å². The Hall–Kier alpha value is -3.17. The summed E-state index contributed by atoms with van der Waals surface area (Å²) in [4.78, 5) is 16.3. The summed E-state index contributed by atoms with van der Waals surface area (Å²) in [6, 6.07) is 9.83. The third-order valence-corrected chi connectivity index (χ3v) is 5.62. The first-order valence-electron chi connectivity index (χ1n) is 10.7. The lowest BCUT2D eigenvalue weighted by Gasteiger charge is -2.36. The zero-order chi connectivity index (χ0) is 22.3. The summed E-state index contributed by atoms with van der Waals surface area (Å²) in [5, 5.41) is 20.9. The minimum Gasteiger partial charge on any atom is -0.394 e. The number of aryl methyl sites for hydroxylation is 1. The van der Waals surface area contributed by atoms with Gasteiger partial charge in [-0.1, -0.05) is 17.3 Å². The molecule has 2 N–H and O–H groups in total. The first-order chi connectivity index (χ1) is 15.6. The Bertz CT molecular complexity index is 1030. The van der Waals surface area contributed by atoms with Gasteiger partial charge in [0.25, 0.3) is 0 Å². The third kappa shape index (κ3) is 5.54. The van der Waals surface area contributed by atoms with Gasteiger partial charge in [-0.3, -0.25) is 14.5 Å². The van der Waals surface area contributed by atoms with Gasteiger partial charge in [0.05, 0.1) is 31.4 Å². The number of benzene rings is 1. The van der Waals surface area contributed by atoms with Crippen LogP contribution in [0.25, 0.3) is 11.3 Å². The molecule has 0 aliphatic carbocycles. The molecule has 0 saturated carbocycles. The van der Waals surface area contributed by atoms with Crippen LogP contribution in [0.5, 0.6) is 0 Å². The Morgan fingerprint density at radius 2 is 2.03 bits per heavy atom. The molecule has 8 nitrogen and oxygen atoms in total. The van der Waals surface area contributed by atoms with Crippen molar-refractivity contribution in [2.24, 2.45) is 0 Å². The molecule has 4 rings (SSSR count). The van der Waals surface area contributed by atoms with E-state index in [9.17, 15) is 14.3 Å². The van der Waals surface area contributed by atoms with Crippen LogP contribution in [0, 0.1) is 5.82 Å². The van der Waals surface area contributed by atoms with Gasteiger partial charge in [-0.2, -0.15) is 0 Å². The number of nitrogens with one attached hydrogen (secondary N) is 1. The molecule has 3 atom stereocenters. The summed E-state index contributed by atoms with van der Waals surface area (Å²) in [5.41, 5.74) is 1.78. The van der Waals surface area contributed by atoms with E-state index in [4.69, 9.17) is 4.74 Å². The van der Waals surface area contributed by atoms with Crippen LogP contribution in [0.4, 0.5) is 4.39 Å². The molecule has 1 aromatic carbocycles. The van der Waals surface area contributed by atoms with Gasteiger partial charge in [0, 0.05) is 24.5 Å². The minimum absolute atomic E-state index is 0.0680. The first kappa shape index (κ1) is 22.0. The standard InChI is InChI=1S/C23H26FN5O3/c24-19-4-2-1-3-18(19)21-14-29(28-27-21)12-9-17-5-6-20(22(15-30)32-17)26-23(31)13-16-7-10-25-11-8-16/h1-4,7-8,10-11,14,17,20,22,30H,5-6,9,12-13,15H2,(H,26,31)/t17-,20-,22+/m0/s1. The van der Waals surface area contributed by atoms with Crippen LogP contribution in [0.3, 0.4) is 0 Å². The average Bonchev–Trinajstić information content (AvgIpc) is 3.28. The summed E-state index contributed by atoms with van der Waals surface area (Å²) < 4.78 is 21.6. The molecular formula is C23H26FN5O3. The molecule has 9 heteroatoms. The summed E-state index contributed by atoms with van der Waals surface area (Å²) in [7, 11) is 0. The molecule has 2 aromatic heterocycles. The number of aliphatic hydroxyl groups is 1. The van der Waals surface area contributed by atoms with Crippen molar-refractivity contribution >= 4 is 5.91 Å². The highest BCUT2D eigenvalue weighted by atomic mass is 19.1. The average molecular weight is 439 g/mol. The van der Waals surface area contributed by atoms with Crippen LogP contribution in [0.15, 0.2) is 55.0 Å². The largest absolute Gasteiger partial charge is 0.394 e. The normalized spacial score (nSPS) is 20.8. The van der Waals surface area contributed by atoms with Crippen molar-refractivity contribution < 1.29 is 19.0 Å². The highest BCUT2D eigenvalue weighted by molar-refractivity contribution is 5.78. The Kier molecular flexibility index (Phi) is 7.18. The zero-order valence-corrected chi connectivity index (χ0v) is 17.6. The van der Waals surface area contributed by atoms with E-state index < -0.39 is 6.10 Å². The monoisotopic (exact) mass is 439 g/mol. The number of halogens is 1. The van der Waals surface area contributed by atoms with Crippen LogP contribution < -0.4 is 5.32 Å². The van der Waals surface area contributed by atoms with Crippen molar-refractivity contribution in [3.63, 3.8) is 0 Å². The molecular weight excluding hydrogens is 413 g/mol. The number of aliphatic hydroxyl groups excluding tert-OH is 1. The molecule has 1 amide bonds. The van der Waals surface area contributed by atoms with Gasteiger partial charge in [-0.05, 0) is 49.1 Å². The number of aromatic nitrogens is 4. The number of hydrogen-bond donors (Lipinski definition) is 2. The molecule has 3 aromatic rings. The Labute approximate surface area is 185 Å². The first-order valence-corrected chi connectivity index (χ1v) is 10.7. The fourth-order valence-corrected chi connectivity index (χ4v) is 3.93. The molecule has 1 aliphatic rings. The van der Waals surface area contributed by atoms with Gasteiger partial charge in [0.2, 0.25) is 5.91 Å². The molecule has 3 heterocycles. The van der Waals surface area contributed by atoms with Crippen LogP contribution in [0.2, 0.25) is 0 Å². The smallest absolute Gasteiger partial charge is 0.224 e. The van der Waals surface area contributed by atoms with E-state index >= 15 is 0 Å². The van der Waals surface area contributed by atoms with E-state index in [-0.39, 0.29) is 36.9 Å². The second-order valence-electron chi connectivity index (χ2n) is 7.90. The van der Waals surface area contributed by atoms with E-state index in [0.717, 1.165) is 18.4 Å². The van der Waals surface area contributed by atoms with Gasteiger partial charge in [0.1, 0.15) is 17.6 Å². The van der Waals surface area contributed by atoms with E-state index in [1.54, 1.807) is 53.6 Å². The fraction of sp³-hybridized carbons (Fsp3) is 0.391. The summed E-state index contributed by atoms with van der Waals surface area (Å²) >= 11 is 0. The molecule has 32 heavy (non-hydrogen) atoms. The van der Waals surface area contributed by atoms with Crippen LogP contribution in [-0.4, -0.2) is 55.8 Å². The highest BCUT2D eigenvalue weighted by Gasteiger charge is 2.31. The summed E-state index contributed by atoms with van der Waals surface area (Å²) in [6.07, 6.45) is 6.91. The summed E-state index contributed by atoms with van der Waals surface area (Å²) in [6.45, 7) is 0.390. The molecule has 0 bridgehead atoms. The molecule has 0 radical (unpaired) electrons. The Morgan fingerprint density at radius 3 is 2.81 bits per heavy atom. The van der Waals surface area contributed by atoms with Crippen LogP contribution >= 0.6 is 0 Å². The number of carbonyl (C=O) groups is 1. The van der Waals surface area contributed by atoms with Gasteiger partial charge >= 0.3 is 0 Å². The van der Waals surface area contributed by atoms with Crippen molar-refractivity contribution in [3.05, 3.63) is 66.4 Å². The maximum atomic E-state index is 13.9. The number of rotatable bonds is 8. The minimum atomic E-state index is -0.458. The summed E-state index contributed by atoms with van der Waals surface area (Å²) in [5.74, 6) is -0.442. The topological polar surface area (TPSA) is 102 Å². The predicted molar refractivity (Wildman–Crippen MR) is 115 cm³/mol. The second kappa shape index (κ2) is 10.4. The Morgan fingerprint density at radius 1 is 1.22 bits per heavy atom. The number of ether oxygens (including phenoxy) is 1. The van der Waals surface area contributed by atoms with Crippen LogP contribution in [0.1, 0.15) is 24.8 Å². The van der Waals surface area contributed by atoms with Gasteiger partial charge in [-0.15, -0.1) is 5.10 Å². The quantitative estimate of drug-likeness (QED) is 0.558. The predicted octanol–water partition coefficient (Wildman–Crippen LogP) is 2.14. The van der Waals surface area contributed by atoms with E-state index in [0.29, 0.717) is 24.2 Å². The Balaban J connectivity index is 1.27. The molecule has 0 spiro atoms. The van der Waals surface area contributed by atoms with E-state index in [1.807, 2.05) is 0 Å². The second-order valence-corrected chi connectivity index (χ2v) is 7.90. The zero-order valence-electron chi connectivity index (χ0n) is 17.6. The third-order valence-electron chi connectivity index (χ3n) is 5.62. The number of carbonyl (C=O) groups excluding carboxylic acids is 1. The number of pyridine rings is 1. The molecule has 168 valence electrons. The van der Waals surface area contributed by atoms with Gasteiger partial charge in [-0.25, -0.2) is 4.39 Å². The van der Waals surface area contributed by atoms with Crippen molar-refractivity contribution in [1.82, 2.24) is 25.3 Å². The fourth-order valence-electron chi connectivity index (χ4n) is 3.93. The van der Waals surface area contributed by atoms with Crippen molar-refractivity contribution in [2.45, 2.75) is 50.5 Å². The maximum absolute atomic E-state index is 13.9. The van der Waals surface area contributed by atoms with Gasteiger partial charge in [0.15, 0.2) is 0 Å². The number of nitrogens with zero attached hydrogens (tertiary/aromatic N) is 4. The molecule has 1 saturated heterocycles. The highest BCUT2D eigenvalue weighted by Crippen LogP contribution is 2.23. The van der Waals surface area contributed by atoms with Crippen molar-refractivity contribution in [3.8, 4) is 11.3 Å². The molecule has 1 fully saturated rings. The van der Waals surface area contributed by atoms with Crippen molar-refractivity contribution in [2.75, 3.05) is 6.61 Å². The lowest BCUT2D eigenvalue weighted by molar-refractivity contribution is -0.128. The SMILES string of the molecule is O=C(Cc1ccncc1)N[C@H]1CC[C@@H](CCn2cc(-c3ccccc3F)nn2)O[C@@H]1CO. The van der Waals surface area contributed by atoms with Gasteiger partial charge < -0.3 is 15.2 Å². The number of amides is 1. The number of hydrogen-bond acceptors (Lipinski definition) is 6. The van der Waals surface area contributed by atoms with E-state index in [2.05, 4.69) is 20.6 Å². The molecule has 1 aliphatic heterocycles. The maximum Gasteiger partial charge on any atom is 0.224 e.